The highest BCUT2D eigenvalue weighted by Crippen LogP contribution is 2.55. The van der Waals surface area contributed by atoms with Crippen LogP contribution in [0.25, 0.3) is 0 Å². The molecule has 1 aliphatic rings. The summed E-state index contributed by atoms with van der Waals surface area (Å²) in [6.07, 6.45) is 5.54. The number of hydrogen-bond donors (Lipinski definition) is 0. The number of hydrogen-bond acceptors (Lipinski definition) is 2. The minimum Gasteiger partial charge on any atom is -0.314 e. The molecule has 0 unspecified atom stereocenters. The Bertz CT molecular complexity index is 390. The van der Waals surface area contributed by atoms with Crippen LogP contribution in [0, 0.1) is 11.3 Å². The van der Waals surface area contributed by atoms with Crippen LogP contribution in [0.2, 0.25) is 0 Å². The largest absolute Gasteiger partial charge is 0.314 e. The van der Waals surface area contributed by atoms with Gasteiger partial charge in [-0.1, -0.05) is 13.8 Å². The van der Waals surface area contributed by atoms with Gasteiger partial charge in [0.15, 0.2) is 0 Å². The molecular weight excluding hydrogens is 200 g/mol. The molecule has 86 valence electrons. The Morgan fingerprint density at radius 1 is 1.69 bits per heavy atom. The molecular formula is C13H18N2O. The summed E-state index contributed by atoms with van der Waals surface area (Å²) in [5.41, 5.74) is 1.10. The zero-order chi connectivity index (χ0) is 11.8. The Hall–Kier alpha value is -1.38. The van der Waals surface area contributed by atoms with E-state index in [2.05, 4.69) is 18.8 Å². The van der Waals surface area contributed by atoms with Crippen molar-refractivity contribution in [2.75, 3.05) is 11.9 Å². The summed E-state index contributed by atoms with van der Waals surface area (Å²) in [4.78, 5) is 17.9. The van der Waals surface area contributed by atoms with Gasteiger partial charge in [0.05, 0.1) is 11.9 Å². The first-order valence-corrected chi connectivity index (χ1v) is 5.76. The first kappa shape index (κ1) is 11.1. The van der Waals surface area contributed by atoms with E-state index in [0.29, 0.717) is 0 Å². The van der Waals surface area contributed by atoms with Crippen LogP contribution in [-0.4, -0.2) is 17.9 Å². The highest BCUT2D eigenvalue weighted by Gasteiger charge is 2.53. The van der Waals surface area contributed by atoms with E-state index < -0.39 is 0 Å². The summed E-state index contributed by atoms with van der Waals surface area (Å²) in [5.74, 6) is 0.417. The molecule has 1 aliphatic carbocycles. The van der Waals surface area contributed by atoms with Crippen LogP contribution in [0.1, 0.15) is 26.7 Å². The van der Waals surface area contributed by atoms with Crippen molar-refractivity contribution in [2.24, 2.45) is 11.3 Å². The maximum atomic E-state index is 12.2. The second-order valence-electron chi connectivity index (χ2n) is 4.87. The fourth-order valence-electron chi connectivity index (χ4n) is 2.10. The maximum Gasteiger partial charge on any atom is 0.230 e. The zero-order valence-corrected chi connectivity index (χ0v) is 10.1. The average molecular weight is 218 g/mol. The third-order valence-corrected chi connectivity index (χ3v) is 3.82. The molecule has 0 spiro atoms. The average Bonchev–Trinajstić information content (AvgIpc) is 3.02. The molecule has 3 nitrogen and oxygen atoms in total. The maximum absolute atomic E-state index is 12.2. The van der Waals surface area contributed by atoms with Crippen LogP contribution in [0.15, 0.2) is 24.5 Å². The Kier molecular flexibility index (Phi) is 2.70. The lowest BCUT2D eigenvalue weighted by molar-refractivity contribution is -0.120. The lowest BCUT2D eigenvalue weighted by Gasteiger charge is -2.18. The van der Waals surface area contributed by atoms with Crippen LogP contribution in [0.4, 0.5) is 5.69 Å². The first-order valence-electron chi connectivity index (χ1n) is 5.76. The summed E-state index contributed by atoms with van der Waals surface area (Å²) < 4.78 is 0. The number of rotatable bonds is 3. The summed E-state index contributed by atoms with van der Waals surface area (Å²) in [5, 5.41) is 0. The van der Waals surface area contributed by atoms with Crippen molar-refractivity contribution in [1.29, 1.82) is 0 Å². The summed E-state index contributed by atoms with van der Waals surface area (Å²) in [7, 11) is 1.83. The second-order valence-corrected chi connectivity index (χ2v) is 4.87. The van der Waals surface area contributed by atoms with E-state index in [9.17, 15) is 4.79 Å². The highest BCUT2D eigenvalue weighted by atomic mass is 16.2. The molecule has 16 heavy (non-hydrogen) atoms. The van der Waals surface area contributed by atoms with Gasteiger partial charge in [-0.15, -0.1) is 0 Å². The molecule has 2 rings (SSSR count). The van der Waals surface area contributed by atoms with Crippen molar-refractivity contribution in [2.45, 2.75) is 26.7 Å². The van der Waals surface area contributed by atoms with Gasteiger partial charge in [0.25, 0.3) is 0 Å². The first-order chi connectivity index (χ1) is 7.58. The van der Waals surface area contributed by atoms with E-state index in [1.807, 2.05) is 19.2 Å². The molecule has 0 aromatic carbocycles. The smallest absolute Gasteiger partial charge is 0.230 e. The van der Waals surface area contributed by atoms with Crippen molar-refractivity contribution < 1.29 is 4.79 Å². The van der Waals surface area contributed by atoms with Crippen molar-refractivity contribution in [1.82, 2.24) is 4.98 Å². The molecule has 1 saturated carbocycles. The Balaban J connectivity index is 2.07. The fourth-order valence-corrected chi connectivity index (χ4v) is 2.10. The Morgan fingerprint density at radius 3 is 2.94 bits per heavy atom. The van der Waals surface area contributed by atoms with E-state index in [1.165, 1.54) is 0 Å². The van der Waals surface area contributed by atoms with Gasteiger partial charge in [-0.3, -0.25) is 9.78 Å². The standard InChI is InChI=1S/C13H18N2O/c1-4-13(2)8-11(13)12(16)15(3)10-6-5-7-14-9-10/h5-7,9,11H,4,8H2,1-3H3/t11-,13-/m1/s1. The fraction of sp³-hybridized carbons (Fsp3) is 0.538. The van der Waals surface area contributed by atoms with Gasteiger partial charge in [0.2, 0.25) is 5.91 Å². The third-order valence-electron chi connectivity index (χ3n) is 3.82. The van der Waals surface area contributed by atoms with Gasteiger partial charge in [0, 0.05) is 19.2 Å². The molecule has 1 aromatic heterocycles. The van der Waals surface area contributed by atoms with Crippen molar-refractivity contribution in [3.05, 3.63) is 24.5 Å². The number of nitrogens with zero attached hydrogens (tertiary/aromatic N) is 2. The van der Waals surface area contributed by atoms with Crippen LogP contribution in [-0.2, 0) is 4.79 Å². The summed E-state index contributed by atoms with van der Waals surface area (Å²) >= 11 is 0. The number of amides is 1. The zero-order valence-electron chi connectivity index (χ0n) is 10.1. The predicted molar refractivity (Wildman–Crippen MR) is 64.2 cm³/mol. The van der Waals surface area contributed by atoms with Crippen molar-refractivity contribution in [3.8, 4) is 0 Å². The molecule has 1 heterocycles. The molecule has 1 fully saturated rings. The van der Waals surface area contributed by atoms with Gasteiger partial charge >= 0.3 is 0 Å². The number of anilines is 1. The van der Waals surface area contributed by atoms with Crippen LogP contribution >= 0.6 is 0 Å². The van der Waals surface area contributed by atoms with Gasteiger partial charge in [0.1, 0.15) is 0 Å². The topological polar surface area (TPSA) is 33.2 Å². The molecule has 0 aliphatic heterocycles. The minimum absolute atomic E-state index is 0.197. The molecule has 0 bridgehead atoms. The summed E-state index contributed by atoms with van der Waals surface area (Å²) in [6, 6.07) is 3.77. The third kappa shape index (κ3) is 1.82. The highest BCUT2D eigenvalue weighted by molar-refractivity contribution is 5.96. The van der Waals surface area contributed by atoms with Gasteiger partial charge in [-0.2, -0.15) is 0 Å². The molecule has 0 saturated heterocycles. The molecule has 2 atom stereocenters. The summed E-state index contributed by atoms with van der Waals surface area (Å²) in [6.45, 7) is 4.34. The number of carbonyl (C=O) groups is 1. The second kappa shape index (κ2) is 3.89. The molecule has 0 N–H and O–H groups in total. The Morgan fingerprint density at radius 2 is 2.44 bits per heavy atom. The van der Waals surface area contributed by atoms with Gasteiger partial charge in [-0.25, -0.2) is 0 Å². The lowest BCUT2D eigenvalue weighted by atomic mass is 10.0. The SMILES string of the molecule is CC[C@]1(C)C[C@@H]1C(=O)N(C)c1cccnc1. The van der Waals surface area contributed by atoms with Crippen molar-refractivity contribution in [3.63, 3.8) is 0 Å². The normalized spacial score (nSPS) is 27.6. The van der Waals surface area contributed by atoms with Gasteiger partial charge in [-0.05, 0) is 30.4 Å². The van der Waals surface area contributed by atoms with Crippen LogP contribution in [0.5, 0.6) is 0 Å². The van der Waals surface area contributed by atoms with E-state index in [-0.39, 0.29) is 17.2 Å². The molecule has 0 radical (unpaired) electrons. The number of carbonyl (C=O) groups excluding carboxylic acids is 1. The van der Waals surface area contributed by atoms with E-state index in [0.717, 1.165) is 18.5 Å². The van der Waals surface area contributed by atoms with E-state index >= 15 is 0 Å². The minimum atomic E-state index is 0.197. The lowest BCUT2D eigenvalue weighted by Crippen LogP contribution is -2.29. The van der Waals surface area contributed by atoms with Gasteiger partial charge < -0.3 is 4.90 Å². The monoisotopic (exact) mass is 218 g/mol. The molecule has 1 amide bonds. The predicted octanol–water partition coefficient (Wildman–Crippen LogP) is 2.48. The van der Waals surface area contributed by atoms with Crippen molar-refractivity contribution >= 4 is 11.6 Å². The quantitative estimate of drug-likeness (QED) is 0.781. The van der Waals surface area contributed by atoms with Crippen LogP contribution < -0.4 is 4.90 Å². The number of aromatic nitrogens is 1. The Labute approximate surface area is 96.5 Å². The van der Waals surface area contributed by atoms with E-state index in [1.54, 1.807) is 17.3 Å². The van der Waals surface area contributed by atoms with Crippen LogP contribution in [0.3, 0.4) is 0 Å². The van der Waals surface area contributed by atoms with E-state index in [4.69, 9.17) is 0 Å². The molecule has 3 heteroatoms. The number of pyridine rings is 1. The molecule has 1 aromatic rings.